The average Bonchev–Trinajstić information content (AvgIpc) is 3.04. The molecule has 24 heavy (non-hydrogen) atoms. The van der Waals surface area contributed by atoms with Crippen LogP contribution in [0.5, 0.6) is 0 Å². The third-order valence-corrected chi connectivity index (χ3v) is 3.85. The van der Waals surface area contributed by atoms with Gasteiger partial charge < -0.3 is 0 Å². The summed E-state index contributed by atoms with van der Waals surface area (Å²) < 4.78 is 0. The van der Waals surface area contributed by atoms with Gasteiger partial charge in [-0.1, -0.05) is 57.2 Å². The number of H-pyrrole nitrogens is 1. The summed E-state index contributed by atoms with van der Waals surface area (Å²) in [6, 6.07) is 14.5. The van der Waals surface area contributed by atoms with Crippen molar-refractivity contribution in [2.45, 2.75) is 26.2 Å². The number of nitrogens with one attached hydrogen (secondary N) is 1. The zero-order valence-electron chi connectivity index (χ0n) is 13.8. The average molecular weight is 322 g/mol. The van der Waals surface area contributed by atoms with Crippen molar-refractivity contribution in [1.82, 2.24) is 15.2 Å². The minimum absolute atomic E-state index is 0.00304. The summed E-state index contributed by atoms with van der Waals surface area (Å²) in [5, 5.41) is 18.1. The smallest absolute Gasteiger partial charge is 0.258 e. The lowest BCUT2D eigenvalue weighted by atomic mass is 9.87. The van der Waals surface area contributed by atoms with Crippen LogP contribution < -0.4 is 0 Å². The summed E-state index contributed by atoms with van der Waals surface area (Å²) >= 11 is 0. The van der Waals surface area contributed by atoms with Crippen LogP contribution in [0.25, 0.3) is 22.8 Å². The number of rotatable bonds is 3. The molecule has 1 N–H and O–H groups in total. The van der Waals surface area contributed by atoms with E-state index in [0.717, 1.165) is 5.56 Å². The third-order valence-electron chi connectivity index (χ3n) is 3.85. The van der Waals surface area contributed by atoms with E-state index in [1.807, 2.05) is 12.1 Å². The molecule has 0 radical (unpaired) electrons. The zero-order chi connectivity index (χ0) is 17.3. The van der Waals surface area contributed by atoms with Crippen molar-refractivity contribution in [1.29, 1.82) is 0 Å². The van der Waals surface area contributed by atoms with Crippen LogP contribution in [0.3, 0.4) is 0 Å². The molecule has 0 fully saturated rings. The standard InChI is InChI=1S/C18H18N4O2/c1-18(2,3)13-10-8-12(9-11-13)16-19-17(21-20-16)14-6-4-5-7-15(14)22(23)24/h4-11H,1-3H3,(H,19,20,21). The number of nitro groups is 1. The third kappa shape index (κ3) is 3.03. The largest absolute Gasteiger partial charge is 0.280 e. The number of hydrogen-bond acceptors (Lipinski definition) is 4. The van der Waals surface area contributed by atoms with Crippen molar-refractivity contribution in [2.24, 2.45) is 0 Å². The van der Waals surface area contributed by atoms with Crippen molar-refractivity contribution >= 4 is 5.69 Å². The first-order chi connectivity index (χ1) is 11.4. The highest BCUT2D eigenvalue weighted by molar-refractivity contribution is 5.69. The molecule has 6 nitrogen and oxygen atoms in total. The van der Waals surface area contributed by atoms with Crippen molar-refractivity contribution in [3.8, 4) is 22.8 Å². The molecule has 1 heterocycles. The number of nitrogens with zero attached hydrogens (tertiary/aromatic N) is 3. The lowest BCUT2D eigenvalue weighted by molar-refractivity contribution is -0.384. The first-order valence-electron chi connectivity index (χ1n) is 7.63. The summed E-state index contributed by atoms with van der Waals surface area (Å²) in [6.07, 6.45) is 0. The normalized spacial score (nSPS) is 11.5. The Morgan fingerprint density at radius 1 is 1.04 bits per heavy atom. The highest BCUT2D eigenvalue weighted by Crippen LogP contribution is 2.29. The van der Waals surface area contributed by atoms with Crippen molar-refractivity contribution in [3.63, 3.8) is 0 Å². The van der Waals surface area contributed by atoms with Gasteiger partial charge in [0.1, 0.15) is 0 Å². The van der Waals surface area contributed by atoms with E-state index >= 15 is 0 Å². The summed E-state index contributed by atoms with van der Waals surface area (Å²) in [7, 11) is 0. The molecule has 122 valence electrons. The van der Waals surface area contributed by atoms with Gasteiger partial charge >= 0.3 is 0 Å². The molecule has 0 amide bonds. The topological polar surface area (TPSA) is 84.7 Å². The van der Waals surface area contributed by atoms with E-state index in [4.69, 9.17) is 0 Å². The van der Waals surface area contributed by atoms with E-state index in [1.54, 1.807) is 18.2 Å². The van der Waals surface area contributed by atoms with Crippen LogP contribution in [0.2, 0.25) is 0 Å². The van der Waals surface area contributed by atoms with Crippen LogP contribution in [0.4, 0.5) is 5.69 Å². The van der Waals surface area contributed by atoms with Crippen LogP contribution in [-0.2, 0) is 5.41 Å². The predicted molar refractivity (Wildman–Crippen MR) is 92.6 cm³/mol. The highest BCUT2D eigenvalue weighted by Gasteiger charge is 2.18. The van der Waals surface area contributed by atoms with Crippen molar-refractivity contribution in [3.05, 3.63) is 64.2 Å². The molecule has 0 atom stereocenters. The van der Waals surface area contributed by atoms with Crippen LogP contribution >= 0.6 is 0 Å². The fourth-order valence-electron chi connectivity index (χ4n) is 2.46. The SMILES string of the molecule is CC(C)(C)c1ccc(-c2n[nH]c(-c3ccccc3[N+](=O)[O-])n2)cc1. The molecular weight excluding hydrogens is 304 g/mol. The second-order valence-electron chi connectivity index (χ2n) is 6.61. The molecule has 1 aromatic heterocycles. The monoisotopic (exact) mass is 322 g/mol. The second-order valence-corrected chi connectivity index (χ2v) is 6.61. The summed E-state index contributed by atoms with van der Waals surface area (Å²) in [6.45, 7) is 6.46. The maximum atomic E-state index is 11.1. The Labute approximate surface area is 139 Å². The molecular formula is C18H18N4O2. The molecule has 0 bridgehead atoms. The molecule has 0 unspecified atom stereocenters. The number of para-hydroxylation sites is 1. The number of aromatic nitrogens is 3. The van der Waals surface area contributed by atoms with Gasteiger partial charge in [0.2, 0.25) is 0 Å². The van der Waals surface area contributed by atoms with Crippen LogP contribution in [0.1, 0.15) is 26.3 Å². The summed E-state index contributed by atoms with van der Waals surface area (Å²) in [5.41, 5.74) is 2.59. The van der Waals surface area contributed by atoms with E-state index in [0.29, 0.717) is 17.2 Å². The highest BCUT2D eigenvalue weighted by atomic mass is 16.6. The lowest BCUT2D eigenvalue weighted by Gasteiger charge is -2.18. The van der Waals surface area contributed by atoms with Gasteiger partial charge in [-0.2, -0.15) is 5.10 Å². The van der Waals surface area contributed by atoms with Gasteiger partial charge in [-0.15, -0.1) is 0 Å². The van der Waals surface area contributed by atoms with E-state index in [9.17, 15) is 10.1 Å². The van der Waals surface area contributed by atoms with Crippen LogP contribution in [-0.4, -0.2) is 20.1 Å². The molecule has 2 aromatic carbocycles. The Morgan fingerprint density at radius 2 is 1.71 bits per heavy atom. The maximum absolute atomic E-state index is 11.1. The Hall–Kier alpha value is -3.02. The Balaban J connectivity index is 1.96. The number of benzene rings is 2. The first-order valence-corrected chi connectivity index (χ1v) is 7.63. The van der Waals surface area contributed by atoms with Crippen molar-refractivity contribution < 1.29 is 4.92 Å². The fourth-order valence-corrected chi connectivity index (χ4v) is 2.46. The maximum Gasteiger partial charge on any atom is 0.280 e. The second kappa shape index (κ2) is 5.88. The number of hydrogen-bond donors (Lipinski definition) is 1. The van der Waals surface area contributed by atoms with E-state index in [2.05, 4.69) is 48.1 Å². The molecule has 3 aromatic rings. The molecule has 6 heteroatoms. The molecule has 0 aliphatic rings. The zero-order valence-corrected chi connectivity index (χ0v) is 13.8. The van der Waals surface area contributed by atoms with Crippen LogP contribution in [0, 0.1) is 10.1 Å². The van der Waals surface area contributed by atoms with Gasteiger partial charge in [-0.05, 0) is 17.0 Å². The minimum Gasteiger partial charge on any atom is -0.258 e. The fraction of sp³-hybridized carbons (Fsp3) is 0.222. The van der Waals surface area contributed by atoms with E-state index in [-0.39, 0.29) is 11.1 Å². The lowest BCUT2D eigenvalue weighted by Crippen LogP contribution is -2.10. The minimum atomic E-state index is -0.421. The molecule has 0 spiro atoms. The van der Waals surface area contributed by atoms with E-state index in [1.165, 1.54) is 11.6 Å². The summed E-state index contributed by atoms with van der Waals surface area (Å²) in [4.78, 5) is 15.1. The van der Waals surface area contributed by atoms with Gasteiger partial charge in [-0.25, -0.2) is 4.98 Å². The molecule has 3 rings (SSSR count). The molecule has 0 aliphatic heterocycles. The van der Waals surface area contributed by atoms with Gasteiger partial charge in [0.15, 0.2) is 11.6 Å². The van der Waals surface area contributed by atoms with Crippen molar-refractivity contribution in [2.75, 3.05) is 0 Å². The van der Waals surface area contributed by atoms with Crippen LogP contribution in [0.15, 0.2) is 48.5 Å². The Bertz CT molecular complexity index is 877. The summed E-state index contributed by atoms with van der Waals surface area (Å²) in [5.74, 6) is 0.904. The van der Waals surface area contributed by atoms with Gasteiger partial charge in [0.25, 0.3) is 5.69 Å². The Morgan fingerprint density at radius 3 is 2.33 bits per heavy atom. The molecule has 0 aliphatic carbocycles. The number of aromatic amines is 1. The quantitative estimate of drug-likeness (QED) is 0.574. The predicted octanol–water partition coefficient (Wildman–Crippen LogP) is 4.34. The van der Waals surface area contributed by atoms with Gasteiger partial charge in [0.05, 0.1) is 10.5 Å². The first kappa shape index (κ1) is 15.9. The van der Waals surface area contributed by atoms with E-state index < -0.39 is 4.92 Å². The van der Waals surface area contributed by atoms with Gasteiger partial charge in [0, 0.05) is 11.6 Å². The Kier molecular flexibility index (Phi) is 3.89. The molecule has 0 saturated heterocycles. The van der Waals surface area contributed by atoms with Gasteiger partial charge in [-0.3, -0.25) is 15.2 Å². The number of nitro benzene ring substituents is 1. The molecule has 0 saturated carbocycles.